The van der Waals surface area contributed by atoms with Gasteiger partial charge in [0.1, 0.15) is 6.04 Å². The number of nitrogens with zero attached hydrogens (tertiary/aromatic N) is 1. The van der Waals surface area contributed by atoms with E-state index in [1.807, 2.05) is 60.7 Å². The normalized spacial score (nSPS) is 16.8. The van der Waals surface area contributed by atoms with Crippen LogP contribution in [0.25, 0.3) is 0 Å². The van der Waals surface area contributed by atoms with Gasteiger partial charge in [0.25, 0.3) is 0 Å². The van der Waals surface area contributed by atoms with Crippen molar-refractivity contribution in [3.8, 4) is 0 Å². The summed E-state index contributed by atoms with van der Waals surface area (Å²) in [5.74, 6) is 0.175. The first-order valence-corrected chi connectivity index (χ1v) is 9.98. The lowest BCUT2D eigenvalue weighted by atomic mass is 9.80. The number of benzene rings is 3. The van der Waals surface area contributed by atoms with Crippen LogP contribution in [0.4, 0.5) is 11.4 Å². The zero-order chi connectivity index (χ0) is 19.3. The highest BCUT2D eigenvalue weighted by Crippen LogP contribution is 2.34. The van der Waals surface area contributed by atoms with E-state index < -0.39 is 0 Å². The Hall–Kier alpha value is -3.07. The first-order chi connectivity index (χ1) is 13.7. The number of primary amides is 1. The standard InChI is InChI=1S/C25H26N2O/c26-25(28)24(18-19-15-16-20-9-7-8-10-21(20)17-19)27(22-11-3-1-4-12-22)23-13-5-2-6-14-23/h1-14,19,24H,15-18H2,(H2,26,28). The van der Waals surface area contributed by atoms with E-state index in [1.165, 1.54) is 11.1 Å². The number of hydrogen-bond donors (Lipinski definition) is 1. The molecule has 28 heavy (non-hydrogen) atoms. The van der Waals surface area contributed by atoms with E-state index in [-0.39, 0.29) is 11.9 Å². The molecule has 1 amide bonds. The molecule has 2 atom stereocenters. The number of carbonyl (C=O) groups is 1. The van der Waals surface area contributed by atoms with Gasteiger partial charge in [-0.2, -0.15) is 0 Å². The molecule has 0 fully saturated rings. The second-order valence-corrected chi connectivity index (χ2v) is 7.57. The Labute approximate surface area is 166 Å². The lowest BCUT2D eigenvalue weighted by molar-refractivity contribution is -0.119. The summed E-state index contributed by atoms with van der Waals surface area (Å²) in [6.45, 7) is 0. The van der Waals surface area contributed by atoms with Crippen LogP contribution in [-0.2, 0) is 17.6 Å². The monoisotopic (exact) mass is 370 g/mol. The van der Waals surface area contributed by atoms with Crippen LogP contribution >= 0.6 is 0 Å². The van der Waals surface area contributed by atoms with Crippen LogP contribution in [0.1, 0.15) is 24.0 Å². The first kappa shape index (κ1) is 18.3. The Kier molecular flexibility index (Phi) is 5.43. The van der Waals surface area contributed by atoms with Gasteiger partial charge in [0.15, 0.2) is 0 Å². The van der Waals surface area contributed by atoms with Crippen molar-refractivity contribution in [2.45, 2.75) is 31.7 Å². The van der Waals surface area contributed by atoms with Crippen LogP contribution in [0.2, 0.25) is 0 Å². The molecule has 0 bridgehead atoms. The predicted octanol–water partition coefficient (Wildman–Crippen LogP) is 4.87. The maximum atomic E-state index is 12.6. The molecule has 3 heteroatoms. The molecule has 0 radical (unpaired) electrons. The molecule has 2 N–H and O–H groups in total. The summed E-state index contributed by atoms with van der Waals surface area (Å²) < 4.78 is 0. The molecule has 3 aromatic carbocycles. The van der Waals surface area contributed by atoms with Gasteiger partial charge in [-0.05, 0) is 67.0 Å². The third-order valence-electron chi connectivity index (χ3n) is 5.71. The van der Waals surface area contributed by atoms with Crippen LogP contribution in [0.15, 0.2) is 84.9 Å². The second-order valence-electron chi connectivity index (χ2n) is 7.57. The van der Waals surface area contributed by atoms with Gasteiger partial charge in [0, 0.05) is 11.4 Å². The van der Waals surface area contributed by atoms with E-state index in [0.717, 1.165) is 37.1 Å². The number of nitrogens with two attached hydrogens (primary N) is 1. The van der Waals surface area contributed by atoms with E-state index in [4.69, 9.17) is 5.73 Å². The van der Waals surface area contributed by atoms with Crippen molar-refractivity contribution < 1.29 is 4.79 Å². The minimum absolute atomic E-state index is 0.272. The van der Waals surface area contributed by atoms with Gasteiger partial charge in [-0.3, -0.25) is 4.79 Å². The molecule has 1 aliphatic rings. The lowest BCUT2D eigenvalue weighted by Crippen LogP contribution is -2.44. The Morgan fingerprint density at radius 3 is 1.96 bits per heavy atom. The highest BCUT2D eigenvalue weighted by atomic mass is 16.1. The number of carbonyl (C=O) groups excluding carboxylic acids is 1. The molecule has 4 rings (SSSR count). The average Bonchev–Trinajstić information content (AvgIpc) is 2.74. The quantitative estimate of drug-likeness (QED) is 0.672. The van der Waals surface area contributed by atoms with Crippen LogP contribution in [-0.4, -0.2) is 11.9 Å². The molecular weight excluding hydrogens is 344 g/mol. The van der Waals surface area contributed by atoms with Crippen molar-refractivity contribution in [2.75, 3.05) is 4.90 Å². The fourth-order valence-electron chi connectivity index (χ4n) is 4.33. The van der Waals surface area contributed by atoms with Gasteiger partial charge in [0.2, 0.25) is 5.91 Å². The van der Waals surface area contributed by atoms with Crippen molar-refractivity contribution in [1.29, 1.82) is 0 Å². The largest absolute Gasteiger partial charge is 0.368 e. The van der Waals surface area contributed by atoms with Gasteiger partial charge in [0.05, 0.1) is 0 Å². The van der Waals surface area contributed by atoms with Gasteiger partial charge in [-0.25, -0.2) is 0 Å². The van der Waals surface area contributed by atoms with Gasteiger partial charge >= 0.3 is 0 Å². The zero-order valence-corrected chi connectivity index (χ0v) is 16.0. The van der Waals surface area contributed by atoms with Crippen LogP contribution < -0.4 is 10.6 Å². The predicted molar refractivity (Wildman–Crippen MR) is 115 cm³/mol. The van der Waals surface area contributed by atoms with Crippen LogP contribution in [0.3, 0.4) is 0 Å². The Morgan fingerprint density at radius 2 is 1.39 bits per heavy atom. The second kappa shape index (κ2) is 8.30. The number of para-hydroxylation sites is 2. The molecule has 3 nitrogen and oxygen atoms in total. The molecule has 0 heterocycles. The summed E-state index contributed by atoms with van der Waals surface area (Å²) in [6, 6.07) is 28.4. The molecular formula is C25H26N2O. The number of hydrogen-bond acceptors (Lipinski definition) is 2. The van der Waals surface area contributed by atoms with Gasteiger partial charge in [-0.1, -0.05) is 60.7 Å². The summed E-state index contributed by atoms with van der Waals surface area (Å²) in [5.41, 5.74) is 10.8. The SMILES string of the molecule is NC(=O)C(CC1CCc2ccccc2C1)N(c1ccccc1)c1ccccc1. The summed E-state index contributed by atoms with van der Waals surface area (Å²) in [4.78, 5) is 14.7. The highest BCUT2D eigenvalue weighted by molar-refractivity contribution is 5.86. The molecule has 0 saturated carbocycles. The number of rotatable bonds is 6. The summed E-state index contributed by atoms with van der Waals surface area (Å²) in [6.07, 6.45) is 3.94. The number of amides is 1. The zero-order valence-electron chi connectivity index (χ0n) is 16.0. The van der Waals surface area contributed by atoms with Gasteiger partial charge in [-0.15, -0.1) is 0 Å². The van der Waals surface area contributed by atoms with Crippen molar-refractivity contribution in [2.24, 2.45) is 11.7 Å². The minimum Gasteiger partial charge on any atom is -0.368 e. The van der Waals surface area contributed by atoms with E-state index in [2.05, 4.69) is 29.2 Å². The first-order valence-electron chi connectivity index (χ1n) is 9.98. The fourth-order valence-corrected chi connectivity index (χ4v) is 4.33. The summed E-state index contributed by atoms with van der Waals surface area (Å²) in [7, 11) is 0. The van der Waals surface area contributed by atoms with E-state index in [1.54, 1.807) is 0 Å². The summed E-state index contributed by atoms with van der Waals surface area (Å²) >= 11 is 0. The maximum Gasteiger partial charge on any atom is 0.240 e. The number of fused-ring (bicyclic) bond motifs is 1. The van der Waals surface area contributed by atoms with Crippen molar-refractivity contribution >= 4 is 17.3 Å². The Morgan fingerprint density at radius 1 is 0.857 bits per heavy atom. The van der Waals surface area contributed by atoms with Crippen molar-refractivity contribution in [3.63, 3.8) is 0 Å². The molecule has 0 spiro atoms. The average molecular weight is 370 g/mol. The third-order valence-corrected chi connectivity index (χ3v) is 5.71. The lowest BCUT2D eigenvalue weighted by Gasteiger charge is -2.35. The fraction of sp³-hybridized carbons (Fsp3) is 0.240. The van der Waals surface area contributed by atoms with Gasteiger partial charge < -0.3 is 10.6 Å². The Bertz CT molecular complexity index is 884. The molecule has 3 aromatic rings. The summed E-state index contributed by atoms with van der Waals surface area (Å²) in [5, 5.41) is 0. The van der Waals surface area contributed by atoms with Crippen LogP contribution in [0, 0.1) is 5.92 Å². The Balaban J connectivity index is 1.64. The molecule has 0 saturated heterocycles. The highest BCUT2D eigenvalue weighted by Gasteiger charge is 2.30. The molecule has 0 aliphatic heterocycles. The van der Waals surface area contributed by atoms with Crippen molar-refractivity contribution in [1.82, 2.24) is 0 Å². The number of aryl methyl sites for hydroxylation is 1. The van der Waals surface area contributed by atoms with Crippen LogP contribution in [0.5, 0.6) is 0 Å². The third kappa shape index (κ3) is 3.94. The van der Waals surface area contributed by atoms with E-state index >= 15 is 0 Å². The molecule has 1 aliphatic carbocycles. The number of anilines is 2. The minimum atomic E-state index is -0.375. The van der Waals surface area contributed by atoms with E-state index in [9.17, 15) is 4.79 Å². The molecule has 2 unspecified atom stereocenters. The maximum absolute atomic E-state index is 12.6. The van der Waals surface area contributed by atoms with Crippen molar-refractivity contribution in [3.05, 3.63) is 96.1 Å². The van der Waals surface area contributed by atoms with E-state index in [0.29, 0.717) is 5.92 Å². The smallest absolute Gasteiger partial charge is 0.240 e. The molecule has 0 aromatic heterocycles. The molecule has 142 valence electrons. The topological polar surface area (TPSA) is 46.3 Å².